The molecule has 3 unspecified atom stereocenters. The van der Waals surface area contributed by atoms with Gasteiger partial charge in [0.25, 0.3) is 0 Å². The maximum absolute atomic E-state index is 6.30. The molecule has 1 aromatic carbocycles. The highest BCUT2D eigenvalue weighted by atomic mass is 15.1. The van der Waals surface area contributed by atoms with Gasteiger partial charge < -0.3 is 11.1 Å². The van der Waals surface area contributed by atoms with E-state index in [1.807, 2.05) is 18.5 Å². The molecule has 0 amide bonds. The molecule has 3 N–H and O–H groups in total. The van der Waals surface area contributed by atoms with Crippen molar-refractivity contribution in [2.75, 3.05) is 6.54 Å². The lowest BCUT2D eigenvalue weighted by molar-refractivity contribution is 0.460. The molecule has 0 fully saturated rings. The number of amidine groups is 1. The lowest BCUT2D eigenvalue weighted by Gasteiger charge is -2.29. The second-order valence-corrected chi connectivity index (χ2v) is 7.33. The van der Waals surface area contributed by atoms with Crippen molar-refractivity contribution in [2.45, 2.75) is 24.3 Å². The molecule has 0 saturated carbocycles. The Labute approximate surface area is 152 Å². The average Bonchev–Trinajstić information content (AvgIpc) is 3.32. The second kappa shape index (κ2) is 5.88. The van der Waals surface area contributed by atoms with Crippen LogP contribution < -0.4 is 11.1 Å². The molecule has 2 aliphatic heterocycles. The van der Waals surface area contributed by atoms with Crippen molar-refractivity contribution in [3.05, 3.63) is 77.3 Å². The Bertz CT molecular complexity index is 918. The molecule has 1 aromatic heterocycles. The van der Waals surface area contributed by atoms with Gasteiger partial charge >= 0.3 is 0 Å². The van der Waals surface area contributed by atoms with E-state index in [0.717, 1.165) is 18.7 Å². The summed E-state index contributed by atoms with van der Waals surface area (Å²) in [5, 5.41) is 3.21. The Balaban J connectivity index is 1.52. The highest BCUT2D eigenvalue weighted by Crippen LogP contribution is 2.40. The van der Waals surface area contributed by atoms with Crippen LogP contribution in [0.4, 0.5) is 0 Å². The van der Waals surface area contributed by atoms with Gasteiger partial charge in [0, 0.05) is 30.3 Å². The SMILES string of the molecule is NCC1(c2cccc(C3N=CN=C4NC=CC43)c2)Cc2cccnc2C1. The largest absolute Gasteiger partial charge is 0.350 e. The Hall–Kier alpha value is -2.79. The highest BCUT2D eigenvalue weighted by molar-refractivity contribution is 5.96. The van der Waals surface area contributed by atoms with Gasteiger partial charge in [-0.2, -0.15) is 0 Å². The molecule has 0 spiro atoms. The molecule has 5 heteroatoms. The Kier molecular flexibility index (Phi) is 3.50. The number of nitrogens with zero attached hydrogens (tertiary/aromatic N) is 3. The Morgan fingerprint density at radius 2 is 2.15 bits per heavy atom. The molecular weight excluding hydrogens is 322 g/mol. The van der Waals surface area contributed by atoms with Gasteiger partial charge in [0.1, 0.15) is 12.2 Å². The number of hydrogen-bond acceptors (Lipinski definition) is 5. The normalized spacial score (nSPS) is 28.4. The summed E-state index contributed by atoms with van der Waals surface area (Å²) < 4.78 is 0. The summed E-state index contributed by atoms with van der Waals surface area (Å²) in [6.45, 7) is 0.609. The van der Waals surface area contributed by atoms with Crippen LogP contribution in [-0.4, -0.2) is 23.7 Å². The number of nitrogens with one attached hydrogen (secondary N) is 1. The van der Waals surface area contributed by atoms with Crippen LogP contribution in [0.5, 0.6) is 0 Å². The van der Waals surface area contributed by atoms with E-state index in [0.29, 0.717) is 6.54 Å². The first-order chi connectivity index (χ1) is 12.8. The summed E-state index contributed by atoms with van der Waals surface area (Å²) >= 11 is 0. The minimum absolute atomic E-state index is 0.0606. The van der Waals surface area contributed by atoms with Crippen LogP contribution >= 0.6 is 0 Å². The van der Waals surface area contributed by atoms with Crippen LogP contribution in [0.3, 0.4) is 0 Å². The van der Waals surface area contributed by atoms with E-state index in [1.165, 1.54) is 22.4 Å². The summed E-state index contributed by atoms with van der Waals surface area (Å²) in [5.41, 5.74) is 11.2. The molecule has 0 bridgehead atoms. The number of benzene rings is 1. The monoisotopic (exact) mass is 343 g/mol. The fourth-order valence-corrected chi connectivity index (χ4v) is 4.41. The van der Waals surface area contributed by atoms with Crippen molar-refractivity contribution in [3.8, 4) is 0 Å². The van der Waals surface area contributed by atoms with Gasteiger partial charge in [0.15, 0.2) is 0 Å². The summed E-state index contributed by atoms with van der Waals surface area (Å²) in [4.78, 5) is 13.6. The zero-order valence-corrected chi connectivity index (χ0v) is 14.5. The van der Waals surface area contributed by atoms with Gasteiger partial charge in [-0.15, -0.1) is 0 Å². The van der Waals surface area contributed by atoms with Crippen LogP contribution in [-0.2, 0) is 18.3 Å². The molecule has 0 radical (unpaired) electrons. The maximum atomic E-state index is 6.30. The predicted molar refractivity (Wildman–Crippen MR) is 103 cm³/mol. The highest BCUT2D eigenvalue weighted by Gasteiger charge is 2.39. The van der Waals surface area contributed by atoms with Gasteiger partial charge in [-0.3, -0.25) is 9.98 Å². The number of fused-ring (bicyclic) bond motifs is 2. The number of rotatable bonds is 3. The average molecular weight is 343 g/mol. The molecule has 1 aliphatic carbocycles. The molecule has 26 heavy (non-hydrogen) atoms. The van der Waals surface area contributed by atoms with Crippen molar-refractivity contribution in [2.24, 2.45) is 21.6 Å². The van der Waals surface area contributed by atoms with Crippen LogP contribution in [0.15, 0.2) is 64.9 Å². The topological polar surface area (TPSA) is 75.7 Å². The van der Waals surface area contributed by atoms with Crippen LogP contribution in [0.2, 0.25) is 0 Å². The fourth-order valence-electron chi connectivity index (χ4n) is 4.41. The lowest BCUT2D eigenvalue weighted by Crippen LogP contribution is -2.36. The van der Waals surface area contributed by atoms with Gasteiger partial charge in [0.2, 0.25) is 0 Å². The van der Waals surface area contributed by atoms with Crippen molar-refractivity contribution >= 4 is 12.2 Å². The number of nitrogens with two attached hydrogens (primary N) is 1. The Morgan fingerprint density at radius 1 is 1.19 bits per heavy atom. The number of hydrogen-bond donors (Lipinski definition) is 2. The molecule has 3 heterocycles. The first-order valence-electron chi connectivity index (χ1n) is 9.05. The summed E-state index contributed by atoms with van der Waals surface area (Å²) in [5.74, 6) is 1.16. The van der Waals surface area contributed by atoms with E-state index in [-0.39, 0.29) is 17.4 Å². The molecule has 0 saturated heterocycles. The zero-order valence-electron chi connectivity index (χ0n) is 14.5. The van der Waals surface area contributed by atoms with Crippen LogP contribution in [0, 0.1) is 5.92 Å². The van der Waals surface area contributed by atoms with E-state index in [4.69, 9.17) is 5.73 Å². The number of aliphatic imine (C=N–C) groups is 2. The van der Waals surface area contributed by atoms with Gasteiger partial charge in [0.05, 0.1) is 12.0 Å². The molecule has 3 aliphatic rings. The van der Waals surface area contributed by atoms with Gasteiger partial charge in [-0.05, 0) is 35.4 Å². The third-order valence-corrected chi connectivity index (χ3v) is 5.87. The Morgan fingerprint density at radius 3 is 3.04 bits per heavy atom. The second-order valence-electron chi connectivity index (χ2n) is 7.33. The maximum Gasteiger partial charge on any atom is 0.117 e. The summed E-state index contributed by atoms with van der Waals surface area (Å²) in [7, 11) is 0. The van der Waals surface area contributed by atoms with Gasteiger partial charge in [-0.1, -0.05) is 36.4 Å². The van der Waals surface area contributed by atoms with E-state index in [9.17, 15) is 0 Å². The van der Waals surface area contributed by atoms with E-state index in [2.05, 4.69) is 56.7 Å². The standard InChI is InChI=1S/C21H21N5/c22-12-21(10-15-4-2-7-23-18(15)11-21)16-5-1-3-14(9-16)19-17-6-8-24-20(17)26-13-25-19/h1-9,13,17,19H,10-12,22H2,(H,24,25,26). The smallest absolute Gasteiger partial charge is 0.117 e. The van der Waals surface area contributed by atoms with Crippen molar-refractivity contribution in [1.29, 1.82) is 0 Å². The van der Waals surface area contributed by atoms with Gasteiger partial charge in [-0.25, -0.2) is 4.99 Å². The zero-order chi connectivity index (χ0) is 17.6. The molecule has 5 nitrogen and oxygen atoms in total. The van der Waals surface area contributed by atoms with Crippen LogP contribution in [0.25, 0.3) is 0 Å². The van der Waals surface area contributed by atoms with Crippen molar-refractivity contribution in [3.63, 3.8) is 0 Å². The number of aromatic nitrogens is 1. The van der Waals surface area contributed by atoms with E-state index < -0.39 is 0 Å². The predicted octanol–water partition coefficient (Wildman–Crippen LogP) is 2.29. The minimum atomic E-state index is -0.0776. The molecule has 130 valence electrons. The summed E-state index contributed by atoms with van der Waals surface area (Å²) in [6.07, 6.45) is 9.48. The van der Waals surface area contributed by atoms with E-state index >= 15 is 0 Å². The summed E-state index contributed by atoms with van der Waals surface area (Å²) in [6, 6.07) is 13.0. The molecule has 5 rings (SSSR count). The molecule has 2 aromatic rings. The van der Waals surface area contributed by atoms with Crippen molar-refractivity contribution in [1.82, 2.24) is 10.3 Å². The number of pyridine rings is 1. The molecule has 3 atom stereocenters. The first kappa shape index (κ1) is 15.5. The first-order valence-corrected chi connectivity index (χ1v) is 9.05. The van der Waals surface area contributed by atoms with Crippen molar-refractivity contribution < 1.29 is 0 Å². The van der Waals surface area contributed by atoms with E-state index in [1.54, 1.807) is 6.34 Å². The molecular formula is C21H21N5. The third kappa shape index (κ3) is 2.31. The quantitative estimate of drug-likeness (QED) is 0.898. The van der Waals surface area contributed by atoms with Crippen LogP contribution in [0.1, 0.15) is 28.4 Å². The minimum Gasteiger partial charge on any atom is -0.350 e. The third-order valence-electron chi connectivity index (χ3n) is 5.87. The fraction of sp³-hybridized carbons (Fsp3) is 0.286. The lowest BCUT2D eigenvalue weighted by atomic mass is 9.76.